The summed E-state index contributed by atoms with van der Waals surface area (Å²) in [7, 11) is 1.84. The van der Waals surface area contributed by atoms with Crippen LogP contribution in [0.25, 0.3) is 0 Å². The van der Waals surface area contributed by atoms with Gasteiger partial charge in [0.1, 0.15) is 0 Å². The summed E-state index contributed by atoms with van der Waals surface area (Å²) in [5.74, 6) is 5.53. The molecule has 0 aromatic carbocycles. The molecular weight excluding hydrogens is 246 g/mol. The fraction of sp³-hybridized carbons (Fsp3) is 0.333. The predicted molar refractivity (Wildman–Crippen MR) is 64.1 cm³/mol. The molecule has 5 nitrogen and oxygen atoms in total. The van der Waals surface area contributed by atoms with Gasteiger partial charge in [-0.15, -0.1) is 16.4 Å². The molecule has 1 unspecified atom stereocenters. The molecule has 0 fully saturated rings. The molecule has 0 aliphatic heterocycles. The van der Waals surface area contributed by atoms with Crippen molar-refractivity contribution in [3.8, 4) is 0 Å². The van der Waals surface area contributed by atoms with E-state index in [0.717, 1.165) is 14.9 Å². The van der Waals surface area contributed by atoms with Crippen molar-refractivity contribution >= 4 is 22.9 Å². The summed E-state index contributed by atoms with van der Waals surface area (Å²) < 4.78 is 2.43. The zero-order valence-corrected chi connectivity index (χ0v) is 10.3. The molecule has 0 saturated carbocycles. The van der Waals surface area contributed by atoms with Gasteiger partial charge in [0, 0.05) is 24.5 Å². The van der Waals surface area contributed by atoms with Crippen molar-refractivity contribution in [1.29, 1.82) is 0 Å². The van der Waals surface area contributed by atoms with E-state index in [1.807, 2.05) is 25.4 Å². The van der Waals surface area contributed by atoms with E-state index in [2.05, 4.69) is 15.7 Å². The second-order valence-corrected chi connectivity index (χ2v) is 5.20. The van der Waals surface area contributed by atoms with E-state index in [-0.39, 0.29) is 6.04 Å². The van der Waals surface area contributed by atoms with Gasteiger partial charge in [-0.1, -0.05) is 16.8 Å². The molecule has 0 aliphatic rings. The summed E-state index contributed by atoms with van der Waals surface area (Å²) in [5.41, 5.74) is 3.66. The summed E-state index contributed by atoms with van der Waals surface area (Å²) in [5, 5.41) is 7.90. The number of nitrogens with two attached hydrogens (primary N) is 1. The third kappa shape index (κ3) is 2.59. The van der Waals surface area contributed by atoms with Crippen molar-refractivity contribution in [1.82, 2.24) is 20.4 Å². The molecule has 0 amide bonds. The number of nitrogens with zero attached hydrogens (tertiary/aromatic N) is 3. The SMILES string of the molecule is Cn1cc(CC(NN)c2ccc(Cl)s2)nn1. The average molecular weight is 258 g/mol. The number of aryl methyl sites for hydroxylation is 1. The van der Waals surface area contributed by atoms with Gasteiger partial charge in [0.25, 0.3) is 0 Å². The van der Waals surface area contributed by atoms with Gasteiger partial charge < -0.3 is 0 Å². The summed E-state index contributed by atoms with van der Waals surface area (Å²) in [4.78, 5) is 1.10. The highest BCUT2D eigenvalue weighted by atomic mass is 35.5. The summed E-state index contributed by atoms with van der Waals surface area (Å²) in [6.45, 7) is 0. The lowest BCUT2D eigenvalue weighted by molar-refractivity contribution is 0.554. The van der Waals surface area contributed by atoms with Gasteiger partial charge in [0.2, 0.25) is 0 Å². The summed E-state index contributed by atoms with van der Waals surface area (Å²) >= 11 is 7.40. The first-order chi connectivity index (χ1) is 7.69. The van der Waals surface area contributed by atoms with Crippen molar-refractivity contribution in [3.05, 3.63) is 33.2 Å². The van der Waals surface area contributed by atoms with E-state index in [9.17, 15) is 0 Å². The van der Waals surface area contributed by atoms with Crippen LogP contribution in [0.4, 0.5) is 0 Å². The van der Waals surface area contributed by atoms with Crippen LogP contribution in [0.1, 0.15) is 16.6 Å². The molecule has 16 heavy (non-hydrogen) atoms. The molecule has 2 aromatic rings. The number of thiophene rings is 1. The van der Waals surface area contributed by atoms with Crippen LogP contribution >= 0.6 is 22.9 Å². The van der Waals surface area contributed by atoms with E-state index in [4.69, 9.17) is 17.4 Å². The highest BCUT2D eigenvalue weighted by molar-refractivity contribution is 7.16. The monoisotopic (exact) mass is 257 g/mol. The second-order valence-electron chi connectivity index (χ2n) is 3.45. The quantitative estimate of drug-likeness (QED) is 0.640. The zero-order valence-electron chi connectivity index (χ0n) is 8.72. The molecule has 2 heterocycles. The largest absolute Gasteiger partial charge is 0.271 e. The van der Waals surface area contributed by atoms with E-state index in [0.29, 0.717) is 6.42 Å². The topological polar surface area (TPSA) is 68.8 Å². The Morgan fingerprint density at radius 2 is 2.44 bits per heavy atom. The number of nitrogens with one attached hydrogen (secondary N) is 1. The van der Waals surface area contributed by atoms with Crippen molar-refractivity contribution in [3.63, 3.8) is 0 Å². The maximum atomic E-state index is 5.89. The van der Waals surface area contributed by atoms with Crippen LogP contribution in [-0.2, 0) is 13.5 Å². The van der Waals surface area contributed by atoms with Crippen molar-refractivity contribution in [2.75, 3.05) is 0 Å². The van der Waals surface area contributed by atoms with Crippen molar-refractivity contribution in [2.24, 2.45) is 12.9 Å². The van der Waals surface area contributed by atoms with Gasteiger partial charge in [-0.2, -0.15) is 0 Å². The minimum atomic E-state index is 0.0224. The Morgan fingerprint density at radius 1 is 1.62 bits per heavy atom. The molecule has 86 valence electrons. The Hall–Kier alpha value is -0.950. The Morgan fingerprint density at radius 3 is 2.94 bits per heavy atom. The lowest BCUT2D eigenvalue weighted by atomic mass is 10.1. The van der Waals surface area contributed by atoms with Gasteiger partial charge in [-0.25, -0.2) is 0 Å². The first-order valence-corrected chi connectivity index (χ1v) is 5.95. The molecule has 0 radical (unpaired) electrons. The standard InChI is InChI=1S/C9H12ClN5S/c1-15-5-6(13-14-15)4-7(12-11)8-2-3-9(10)16-8/h2-3,5,7,12H,4,11H2,1H3. The van der Waals surface area contributed by atoms with E-state index >= 15 is 0 Å². The van der Waals surface area contributed by atoms with Crippen LogP contribution in [0.15, 0.2) is 18.3 Å². The summed E-state index contributed by atoms with van der Waals surface area (Å²) in [6, 6.07) is 3.85. The Balaban J connectivity index is 2.12. The maximum absolute atomic E-state index is 5.89. The highest BCUT2D eigenvalue weighted by Crippen LogP contribution is 2.28. The minimum absolute atomic E-state index is 0.0224. The summed E-state index contributed by atoms with van der Waals surface area (Å²) in [6.07, 6.45) is 2.57. The van der Waals surface area contributed by atoms with E-state index < -0.39 is 0 Å². The lowest BCUT2D eigenvalue weighted by Crippen LogP contribution is -2.29. The van der Waals surface area contributed by atoms with Gasteiger partial charge >= 0.3 is 0 Å². The number of aromatic nitrogens is 3. The van der Waals surface area contributed by atoms with Gasteiger partial charge in [0.15, 0.2) is 0 Å². The third-order valence-electron chi connectivity index (χ3n) is 2.20. The lowest BCUT2D eigenvalue weighted by Gasteiger charge is -2.11. The molecule has 0 bridgehead atoms. The van der Waals surface area contributed by atoms with Gasteiger partial charge in [0.05, 0.1) is 16.1 Å². The molecule has 0 spiro atoms. The average Bonchev–Trinajstić information content (AvgIpc) is 2.84. The molecule has 3 N–H and O–H groups in total. The van der Waals surface area contributed by atoms with Crippen LogP contribution in [0, 0.1) is 0 Å². The fourth-order valence-corrected chi connectivity index (χ4v) is 2.58. The van der Waals surface area contributed by atoms with Gasteiger partial charge in [-0.3, -0.25) is 16.0 Å². The van der Waals surface area contributed by atoms with Crippen molar-refractivity contribution < 1.29 is 0 Å². The molecule has 0 saturated heterocycles. The molecular formula is C9H12ClN5S. The van der Waals surface area contributed by atoms with Crippen LogP contribution in [0.2, 0.25) is 4.34 Å². The second kappa shape index (κ2) is 4.92. The smallest absolute Gasteiger partial charge is 0.0931 e. The Kier molecular flexibility index (Phi) is 3.55. The van der Waals surface area contributed by atoms with Crippen LogP contribution in [0.5, 0.6) is 0 Å². The Labute approximate surface area is 102 Å². The first-order valence-electron chi connectivity index (χ1n) is 4.75. The zero-order chi connectivity index (χ0) is 11.5. The molecule has 1 atom stereocenters. The van der Waals surface area contributed by atoms with Crippen LogP contribution < -0.4 is 11.3 Å². The number of hydrogen-bond donors (Lipinski definition) is 2. The van der Waals surface area contributed by atoms with E-state index in [1.54, 1.807) is 4.68 Å². The number of hydrazine groups is 1. The first kappa shape index (κ1) is 11.5. The van der Waals surface area contributed by atoms with E-state index in [1.165, 1.54) is 11.3 Å². The van der Waals surface area contributed by atoms with Gasteiger partial charge in [-0.05, 0) is 12.1 Å². The van der Waals surface area contributed by atoms with Crippen LogP contribution in [-0.4, -0.2) is 15.0 Å². The highest BCUT2D eigenvalue weighted by Gasteiger charge is 2.14. The third-order valence-corrected chi connectivity index (χ3v) is 3.55. The number of rotatable bonds is 4. The minimum Gasteiger partial charge on any atom is -0.271 e. The molecule has 2 aromatic heterocycles. The normalized spacial score (nSPS) is 12.9. The fourth-order valence-electron chi connectivity index (χ4n) is 1.46. The predicted octanol–water partition coefficient (Wildman–Crippen LogP) is 1.28. The van der Waals surface area contributed by atoms with Crippen molar-refractivity contribution in [2.45, 2.75) is 12.5 Å². The molecule has 7 heteroatoms. The molecule has 0 aliphatic carbocycles. The number of halogens is 1. The Bertz CT molecular complexity index is 466. The van der Waals surface area contributed by atoms with Crippen LogP contribution in [0.3, 0.4) is 0 Å². The molecule has 2 rings (SSSR count). The number of hydrogen-bond acceptors (Lipinski definition) is 5. The maximum Gasteiger partial charge on any atom is 0.0931 e.